The number of likely N-dealkylation sites (tertiary alicyclic amines) is 1. The molecule has 38 heavy (non-hydrogen) atoms. The van der Waals surface area contributed by atoms with Gasteiger partial charge in [-0.2, -0.15) is 0 Å². The topological polar surface area (TPSA) is 107 Å². The van der Waals surface area contributed by atoms with Crippen LogP contribution in [-0.2, 0) is 16.1 Å². The Morgan fingerprint density at radius 3 is 2.05 bits per heavy atom. The minimum Gasteiger partial charge on any atom is -0.507 e. The number of nitrogens with zero attached hydrogens (tertiary/aromatic N) is 2. The Kier molecular flexibility index (Phi) is 7.99. The Balaban J connectivity index is 1.97. The molecular formula is C27H24Cl2N2O7. The third-order valence-corrected chi connectivity index (χ3v) is 6.66. The number of Topliss-reactive ketones (excluding diaryl/α,β-unsaturated/α-hetero) is 1. The molecule has 0 saturated carbocycles. The van der Waals surface area contributed by atoms with Gasteiger partial charge < -0.3 is 29.0 Å². The van der Waals surface area contributed by atoms with E-state index in [1.54, 1.807) is 36.7 Å². The maximum atomic E-state index is 13.4. The summed E-state index contributed by atoms with van der Waals surface area (Å²) in [5, 5.41) is 11.7. The van der Waals surface area contributed by atoms with E-state index in [-0.39, 0.29) is 33.5 Å². The highest BCUT2D eigenvalue weighted by Crippen LogP contribution is 2.47. The summed E-state index contributed by atoms with van der Waals surface area (Å²) in [5.41, 5.74) is 1.10. The van der Waals surface area contributed by atoms with Gasteiger partial charge in [-0.25, -0.2) is 0 Å². The number of halogens is 2. The number of benzene rings is 2. The first-order chi connectivity index (χ1) is 18.2. The Morgan fingerprint density at radius 2 is 1.55 bits per heavy atom. The van der Waals surface area contributed by atoms with E-state index in [1.165, 1.54) is 45.5 Å². The van der Waals surface area contributed by atoms with Gasteiger partial charge in [-0.3, -0.25) is 14.6 Å². The summed E-state index contributed by atoms with van der Waals surface area (Å²) < 4.78 is 21.6. The normalized spacial score (nSPS) is 16.5. The maximum Gasteiger partial charge on any atom is 0.295 e. The zero-order valence-corrected chi connectivity index (χ0v) is 22.5. The van der Waals surface area contributed by atoms with Crippen molar-refractivity contribution in [2.45, 2.75) is 12.6 Å². The first-order valence-electron chi connectivity index (χ1n) is 11.3. The van der Waals surface area contributed by atoms with Gasteiger partial charge >= 0.3 is 0 Å². The third kappa shape index (κ3) is 4.82. The predicted molar refractivity (Wildman–Crippen MR) is 141 cm³/mol. The van der Waals surface area contributed by atoms with Crippen molar-refractivity contribution < 1.29 is 33.6 Å². The number of ketones is 1. The van der Waals surface area contributed by atoms with Crippen LogP contribution in [-0.4, -0.2) is 55.1 Å². The molecule has 1 aliphatic heterocycles. The highest BCUT2D eigenvalue weighted by molar-refractivity contribution is 6.46. The van der Waals surface area contributed by atoms with Crippen molar-refractivity contribution in [3.63, 3.8) is 0 Å². The molecule has 0 aliphatic carbocycles. The molecule has 0 radical (unpaired) electrons. The smallest absolute Gasteiger partial charge is 0.295 e. The molecule has 1 amide bonds. The number of hydrogen-bond donors (Lipinski definition) is 1. The lowest BCUT2D eigenvalue weighted by molar-refractivity contribution is -0.140. The Morgan fingerprint density at radius 1 is 0.947 bits per heavy atom. The molecule has 1 saturated heterocycles. The number of aromatic nitrogens is 1. The van der Waals surface area contributed by atoms with Gasteiger partial charge in [-0.05, 0) is 41.5 Å². The fourth-order valence-electron chi connectivity index (χ4n) is 4.38. The number of carbonyl (C=O) groups excluding carboxylic acids is 2. The van der Waals surface area contributed by atoms with E-state index < -0.39 is 23.5 Å². The third-order valence-electron chi connectivity index (χ3n) is 6.09. The summed E-state index contributed by atoms with van der Waals surface area (Å²) in [6, 6.07) is 8.53. The van der Waals surface area contributed by atoms with Crippen molar-refractivity contribution >= 4 is 40.7 Å². The quantitative estimate of drug-likeness (QED) is 0.232. The fourth-order valence-corrected chi connectivity index (χ4v) is 5.03. The van der Waals surface area contributed by atoms with Gasteiger partial charge in [0.05, 0.1) is 50.1 Å². The van der Waals surface area contributed by atoms with Gasteiger partial charge in [-0.15, -0.1) is 0 Å². The predicted octanol–water partition coefficient (Wildman–Crippen LogP) is 5.04. The highest BCUT2D eigenvalue weighted by atomic mass is 35.5. The molecule has 3 aromatic rings. The minimum atomic E-state index is -1.02. The molecule has 4 rings (SSSR count). The second-order valence-corrected chi connectivity index (χ2v) is 9.03. The standard InChI is InChI=1S/C27H24Cl2N2O7/c1-35-19-10-15(11-20(36-2)26(19)38-4)22-21(23(32)16-8-17(28)25(37-3)18(29)9-16)24(33)27(34)31(22)13-14-6-5-7-30-12-14/h5-12,22,32H,13H2,1-4H3/b23-21+. The van der Waals surface area contributed by atoms with Gasteiger partial charge in [0.2, 0.25) is 5.75 Å². The van der Waals surface area contributed by atoms with Gasteiger partial charge in [0.25, 0.3) is 11.7 Å². The molecule has 11 heteroatoms. The zero-order chi connectivity index (χ0) is 27.6. The summed E-state index contributed by atoms with van der Waals surface area (Å²) >= 11 is 12.6. The molecular weight excluding hydrogens is 535 g/mol. The highest BCUT2D eigenvalue weighted by Gasteiger charge is 2.46. The van der Waals surface area contributed by atoms with E-state index in [0.29, 0.717) is 28.4 Å². The molecule has 1 N–H and O–H groups in total. The van der Waals surface area contributed by atoms with Gasteiger partial charge in [0.1, 0.15) is 5.76 Å². The summed E-state index contributed by atoms with van der Waals surface area (Å²) in [6.45, 7) is 0.0423. The van der Waals surface area contributed by atoms with Crippen LogP contribution < -0.4 is 18.9 Å². The van der Waals surface area contributed by atoms with Gasteiger partial charge in [-0.1, -0.05) is 29.3 Å². The van der Waals surface area contributed by atoms with Crippen LogP contribution in [0.25, 0.3) is 5.76 Å². The van der Waals surface area contributed by atoms with Crippen molar-refractivity contribution in [3.8, 4) is 23.0 Å². The van der Waals surface area contributed by atoms with E-state index >= 15 is 0 Å². The average Bonchev–Trinajstić information content (AvgIpc) is 3.17. The number of amides is 1. The molecule has 0 spiro atoms. The van der Waals surface area contributed by atoms with E-state index in [1.807, 2.05) is 0 Å². The number of hydrogen-bond acceptors (Lipinski definition) is 8. The van der Waals surface area contributed by atoms with Crippen molar-refractivity contribution in [1.29, 1.82) is 0 Å². The second-order valence-electron chi connectivity index (χ2n) is 8.22. The van der Waals surface area contributed by atoms with Crippen LogP contribution in [0.1, 0.15) is 22.7 Å². The van der Waals surface area contributed by atoms with Crippen molar-refractivity contribution in [2.75, 3.05) is 28.4 Å². The number of pyridine rings is 1. The molecule has 2 aromatic carbocycles. The molecule has 9 nitrogen and oxygen atoms in total. The van der Waals surface area contributed by atoms with Crippen LogP contribution in [0.2, 0.25) is 10.0 Å². The maximum absolute atomic E-state index is 13.4. The fraction of sp³-hybridized carbons (Fsp3) is 0.222. The van der Waals surface area contributed by atoms with Gasteiger partial charge in [0.15, 0.2) is 17.2 Å². The molecule has 0 bridgehead atoms. The number of aliphatic hydroxyl groups is 1. The lowest BCUT2D eigenvalue weighted by Crippen LogP contribution is -2.29. The average molecular weight is 559 g/mol. The molecule has 2 heterocycles. The number of rotatable bonds is 8. The van der Waals surface area contributed by atoms with E-state index in [9.17, 15) is 14.7 Å². The summed E-state index contributed by atoms with van der Waals surface area (Å²) in [6.07, 6.45) is 3.19. The summed E-state index contributed by atoms with van der Waals surface area (Å²) in [4.78, 5) is 32.2. The first-order valence-corrected chi connectivity index (χ1v) is 12.0. The van der Waals surface area contributed by atoms with Crippen molar-refractivity contribution in [2.24, 2.45) is 0 Å². The van der Waals surface area contributed by atoms with Crippen LogP contribution in [0, 0.1) is 0 Å². The van der Waals surface area contributed by atoms with E-state index in [2.05, 4.69) is 4.98 Å². The Labute approximate surface area is 229 Å². The van der Waals surface area contributed by atoms with Crippen LogP contribution in [0.15, 0.2) is 54.4 Å². The van der Waals surface area contributed by atoms with Crippen LogP contribution in [0.3, 0.4) is 0 Å². The Hall–Kier alpha value is -3.95. The van der Waals surface area contributed by atoms with Gasteiger partial charge in [0, 0.05) is 24.5 Å². The summed E-state index contributed by atoms with van der Waals surface area (Å²) in [5.74, 6) is -0.983. The van der Waals surface area contributed by atoms with Crippen LogP contribution in [0.5, 0.6) is 23.0 Å². The number of carbonyl (C=O) groups is 2. The van der Waals surface area contributed by atoms with Crippen LogP contribution >= 0.6 is 23.2 Å². The summed E-state index contributed by atoms with van der Waals surface area (Å²) in [7, 11) is 5.77. The molecule has 1 aromatic heterocycles. The second kappa shape index (κ2) is 11.2. The monoisotopic (exact) mass is 558 g/mol. The molecule has 1 aliphatic rings. The zero-order valence-electron chi connectivity index (χ0n) is 21.0. The van der Waals surface area contributed by atoms with E-state index in [4.69, 9.17) is 42.1 Å². The first kappa shape index (κ1) is 27.1. The van der Waals surface area contributed by atoms with Crippen molar-refractivity contribution in [1.82, 2.24) is 9.88 Å². The minimum absolute atomic E-state index is 0.0423. The number of methoxy groups -OCH3 is 4. The van der Waals surface area contributed by atoms with E-state index in [0.717, 1.165) is 0 Å². The molecule has 198 valence electrons. The number of aliphatic hydroxyl groups excluding tert-OH is 1. The number of ether oxygens (including phenoxy) is 4. The lowest BCUT2D eigenvalue weighted by atomic mass is 9.94. The Bertz CT molecular complexity index is 1380. The molecule has 1 atom stereocenters. The SMILES string of the molecule is COc1cc(C2/C(=C(\O)c3cc(Cl)c(OC)c(Cl)c3)C(=O)C(=O)N2Cc2cccnc2)cc(OC)c1OC. The largest absolute Gasteiger partial charge is 0.507 e. The lowest BCUT2D eigenvalue weighted by Gasteiger charge is -2.26. The molecule has 1 fully saturated rings. The van der Waals surface area contributed by atoms with Crippen molar-refractivity contribution in [3.05, 3.63) is 81.1 Å². The molecule has 1 unspecified atom stereocenters. The van der Waals surface area contributed by atoms with Crippen LogP contribution in [0.4, 0.5) is 0 Å².